The Hall–Kier alpha value is -1.10. The maximum absolute atomic E-state index is 5.83. The predicted molar refractivity (Wildman–Crippen MR) is 58.6 cm³/mol. The van der Waals surface area contributed by atoms with Gasteiger partial charge in [-0.1, -0.05) is 0 Å². The van der Waals surface area contributed by atoms with Crippen LogP contribution in [0.5, 0.6) is 11.5 Å². The quantitative estimate of drug-likeness (QED) is 0.696. The van der Waals surface area contributed by atoms with Gasteiger partial charge in [0.15, 0.2) is 11.5 Å². The number of nitrogen functional groups attached to an aromatic ring is 2. The summed E-state index contributed by atoms with van der Waals surface area (Å²) in [4.78, 5) is 0. The first-order valence-electron chi connectivity index (χ1n) is 4.26. The molecule has 0 aromatic heterocycles. The van der Waals surface area contributed by atoms with Crippen molar-refractivity contribution < 1.29 is 9.47 Å². The van der Waals surface area contributed by atoms with E-state index in [2.05, 4.69) is 15.9 Å². The number of rotatable bonds is 0. The maximum atomic E-state index is 5.83. The number of hydrogen-bond acceptors (Lipinski definition) is 4. The summed E-state index contributed by atoms with van der Waals surface area (Å²) in [6, 6.07) is 1.72. The molecule has 0 spiro atoms. The van der Waals surface area contributed by atoms with Gasteiger partial charge in [0.2, 0.25) is 0 Å². The number of benzene rings is 1. The van der Waals surface area contributed by atoms with E-state index in [-0.39, 0.29) is 6.10 Å². The van der Waals surface area contributed by atoms with Crippen LogP contribution in [-0.2, 0) is 0 Å². The molecule has 1 aromatic rings. The number of hydrogen-bond donors (Lipinski definition) is 2. The lowest BCUT2D eigenvalue weighted by molar-refractivity contribution is 0.106. The highest BCUT2D eigenvalue weighted by Gasteiger charge is 2.23. The molecule has 1 heterocycles. The van der Waals surface area contributed by atoms with E-state index in [4.69, 9.17) is 20.9 Å². The molecule has 0 bridgehead atoms. The van der Waals surface area contributed by atoms with Crippen LogP contribution in [0.2, 0.25) is 0 Å². The molecule has 5 heteroatoms. The average Bonchev–Trinajstić information content (AvgIpc) is 2.14. The molecule has 2 rings (SSSR count). The summed E-state index contributed by atoms with van der Waals surface area (Å²) in [6.07, 6.45) is -0.00139. The first-order chi connectivity index (χ1) is 6.59. The van der Waals surface area contributed by atoms with Crippen LogP contribution in [0.25, 0.3) is 0 Å². The topological polar surface area (TPSA) is 70.5 Å². The van der Waals surface area contributed by atoms with Crippen molar-refractivity contribution in [3.8, 4) is 11.5 Å². The van der Waals surface area contributed by atoms with Crippen molar-refractivity contribution in [2.45, 2.75) is 13.0 Å². The van der Waals surface area contributed by atoms with E-state index in [9.17, 15) is 0 Å². The number of nitrogens with two attached hydrogens (primary N) is 2. The molecule has 1 atom stereocenters. The van der Waals surface area contributed by atoms with Gasteiger partial charge in [-0.05, 0) is 28.9 Å². The molecular formula is C9H11BrN2O2. The molecule has 1 aliphatic rings. The van der Waals surface area contributed by atoms with Gasteiger partial charge in [0.05, 0.1) is 11.4 Å². The van der Waals surface area contributed by atoms with Crippen molar-refractivity contribution in [3.63, 3.8) is 0 Å². The number of anilines is 2. The molecule has 0 radical (unpaired) electrons. The smallest absolute Gasteiger partial charge is 0.187 e. The Labute approximate surface area is 90.3 Å². The predicted octanol–water partition coefficient (Wildman–Crippen LogP) is 1.77. The fraction of sp³-hybridized carbons (Fsp3) is 0.333. The molecule has 0 amide bonds. The molecule has 1 unspecified atom stereocenters. The Balaban J connectivity index is 2.57. The van der Waals surface area contributed by atoms with E-state index in [0.29, 0.717) is 29.5 Å². The first kappa shape index (κ1) is 9.45. The zero-order chi connectivity index (χ0) is 10.3. The Bertz CT molecular complexity index is 382. The number of halogens is 1. The van der Waals surface area contributed by atoms with E-state index >= 15 is 0 Å². The third kappa shape index (κ3) is 1.37. The normalized spacial score (nSPS) is 19.4. The Morgan fingerprint density at radius 2 is 2.14 bits per heavy atom. The van der Waals surface area contributed by atoms with Gasteiger partial charge in [0.1, 0.15) is 12.7 Å². The van der Waals surface area contributed by atoms with E-state index in [1.54, 1.807) is 6.07 Å². The largest absolute Gasteiger partial charge is 0.484 e. The molecule has 0 saturated heterocycles. The fourth-order valence-corrected chi connectivity index (χ4v) is 1.77. The zero-order valence-electron chi connectivity index (χ0n) is 7.71. The minimum atomic E-state index is -0.00139. The summed E-state index contributed by atoms with van der Waals surface area (Å²) < 4.78 is 11.7. The van der Waals surface area contributed by atoms with E-state index in [1.807, 2.05) is 6.92 Å². The summed E-state index contributed by atoms with van der Waals surface area (Å²) in [5, 5.41) is 0. The summed E-state index contributed by atoms with van der Waals surface area (Å²) >= 11 is 3.30. The third-order valence-electron chi connectivity index (χ3n) is 2.03. The van der Waals surface area contributed by atoms with Gasteiger partial charge in [-0.2, -0.15) is 0 Å². The second-order valence-corrected chi connectivity index (χ2v) is 4.11. The minimum Gasteiger partial charge on any atom is -0.484 e. The lowest BCUT2D eigenvalue weighted by Gasteiger charge is -2.26. The van der Waals surface area contributed by atoms with Crippen molar-refractivity contribution >= 4 is 27.3 Å². The van der Waals surface area contributed by atoms with Gasteiger partial charge in [0.25, 0.3) is 0 Å². The zero-order valence-corrected chi connectivity index (χ0v) is 9.30. The van der Waals surface area contributed by atoms with E-state index in [1.165, 1.54) is 0 Å². The lowest BCUT2D eigenvalue weighted by Crippen LogP contribution is -2.27. The van der Waals surface area contributed by atoms with Gasteiger partial charge < -0.3 is 20.9 Å². The van der Waals surface area contributed by atoms with Crippen molar-refractivity contribution in [2.75, 3.05) is 18.1 Å². The molecule has 76 valence electrons. The lowest BCUT2D eigenvalue weighted by atomic mass is 10.2. The van der Waals surface area contributed by atoms with Gasteiger partial charge in [0, 0.05) is 4.47 Å². The summed E-state index contributed by atoms with van der Waals surface area (Å²) in [7, 11) is 0. The van der Waals surface area contributed by atoms with Gasteiger partial charge in [-0.15, -0.1) is 0 Å². The molecule has 1 aliphatic heterocycles. The van der Waals surface area contributed by atoms with Crippen LogP contribution >= 0.6 is 15.9 Å². The summed E-state index contributed by atoms with van der Waals surface area (Å²) in [5.74, 6) is 1.08. The number of fused-ring (bicyclic) bond motifs is 1. The van der Waals surface area contributed by atoms with Crippen molar-refractivity contribution in [3.05, 3.63) is 10.5 Å². The Kier molecular flexibility index (Phi) is 2.19. The van der Waals surface area contributed by atoms with Crippen LogP contribution in [0.1, 0.15) is 6.92 Å². The van der Waals surface area contributed by atoms with Crippen LogP contribution < -0.4 is 20.9 Å². The standard InChI is InChI=1S/C9H11BrN2O2/c1-4-3-13-8-6(11)2-5(10)7(12)9(8)14-4/h2,4H,3,11-12H2,1H3. The highest BCUT2D eigenvalue weighted by Crippen LogP contribution is 2.45. The van der Waals surface area contributed by atoms with Crippen molar-refractivity contribution in [1.29, 1.82) is 0 Å². The van der Waals surface area contributed by atoms with Gasteiger partial charge in [-0.25, -0.2) is 0 Å². The van der Waals surface area contributed by atoms with Crippen LogP contribution in [0.15, 0.2) is 10.5 Å². The van der Waals surface area contributed by atoms with Gasteiger partial charge in [-0.3, -0.25) is 0 Å². The van der Waals surface area contributed by atoms with Crippen LogP contribution in [-0.4, -0.2) is 12.7 Å². The van der Waals surface area contributed by atoms with Crippen LogP contribution in [0, 0.1) is 0 Å². The molecular weight excluding hydrogens is 248 g/mol. The van der Waals surface area contributed by atoms with Crippen molar-refractivity contribution in [2.24, 2.45) is 0 Å². The summed E-state index contributed by atoms with van der Waals surface area (Å²) in [5.41, 5.74) is 12.7. The monoisotopic (exact) mass is 258 g/mol. The average molecular weight is 259 g/mol. The minimum absolute atomic E-state index is 0.00139. The molecule has 0 saturated carbocycles. The molecule has 0 fully saturated rings. The SMILES string of the molecule is CC1COc2c(N)cc(Br)c(N)c2O1. The number of ether oxygens (including phenoxy) is 2. The summed E-state index contributed by atoms with van der Waals surface area (Å²) in [6.45, 7) is 2.41. The second kappa shape index (κ2) is 3.24. The third-order valence-corrected chi connectivity index (χ3v) is 2.69. The van der Waals surface area contributed by atoms with Crippen molar-refractivity contribution in [1.82, 2.24) is 0 Å². The molecule has 0 aliphatic carbocycles. The highest BCUT2D eigenvalue weighted by atomic mass is 79.9. The highest BCUT2D eigenvalue weighted by molar-refractivity contribution is 9.10. The fourth-order valence-electron chi connectivity index (χ4n) is 1.34. The van der Waals surface area contributed by atoms with Crippen LogP contribution in [0.4, 0.5) is 11.4 Å². The maximum Gasteiger partial charge on any atom is 0.187 e. The van der Waals surface area contributed by atoms with Gasteiger partial charge >= 0.3 is 0 Å². The van der Waals surface area contributed by atoms with E-state index in [0.717, 1.165) is 4.47 Å². The van der Waals surface area contributed by atoms with Crippen LogP contribution in [0.3, 0.4) is 0 Å². The molecule has 14 heavy (non-hydrogen) atoms. The molecule has 4 nitrogen and oxygen atoms in total. The van der Waals surface area contributed by atoms with E-state index < -0.39 is 0 Å². The Morgan fingerprint density at radius 1 is 1.43 bits per heavy atom. The molecule has 4 N–H and O–H groups in total. The Morgan fingerprint density at radius 3 is 2.86 bits per heavy atom. The molecule has 1 aromatic carbocycles. The first-order valence-corrected chi connectivity index (χ1v) is 5.05. The second-order valence-electron chi connectivity index (χ2n) is 3.26.